The molecule has 0 bridgehead atoms. The lowest BCUT2D eigenvalue weighted by atomic mass is 10.2. The van der Waals surface area contributed by atoms with Crippen LogP contribution < -0.4 is 10.5 Å². The number of carbonyl (C=O) groups excluding carboxylic acids is 1. The van der Waals surface area contributed by atoms with E-state index in [0.717, 1.165) is 0 Å². The summed E-state index contributed by atoms with van der Waals surface area (Å²) in [5.41, 5.74) is 5.77. The van der Waals surface area contributed by atoms with Crippen molar-refractivity contribution < 1.29 is 19.4 Å². The van der Waals surface area contributed by atoms with Gasteiger partial charge in [0.2, 0.25) is 0 Å². The minimum absolute atomic E-state index is 0.101. The molecule has 0 saturated carbocycles. The largest absolute Gasteiger partial charge is 0.491 e. The zero-order valence-electron chi connectivity index (χ0n) is 7.92. The summed E-state index contributed by atoms with van der Waals surface area (Å²) in [6.07, 6.45) is 0.715. The number of carboxylic acid groups (broad SMARTS) is 1. The molecule has 0 aromatic heterocycles. The molecule has 1 aromatic rings. The lowest BCUT2D eigenvalue weighted by molar-refractivity contribution is -0.139. The van der Waals surface area contributed by atoms with E-state index in [2.05, 4.69) is 0 Å². The summed E-state index contributed by atoms with van der Waals surface area (Å²) in [5.74, 6) is -0.628. The molecule has 15 heavy (non-hydrogen) atoms. The Balaban J connectivity index is 2.51. The lowest BCUT2D eigenvalue weighted by Crippen LogP contribution is -2.36. The van der Waals surface area contributed by atoms with E-state index in [0.29, 0.717) is 17.6 Å². The number of rotatable bonds is 5. The van der Waals surface area contributed by atoms with Crippen molar-refractivity contribution in [3.63, 3.8) is 0 Å². The van der Waals surface area contributed by atoms with E-state index in [9.17, 15) is 9.59 Å². The van der Waals surface area contributed by atoms with Crippen LogP contribution in [0.4, 0.5) is 0 Å². The molecule has 5 heteroatoms. The lowest BCUT2D eigenvalue weighted by Gasteiger charge is -2.08. The third-order valence-corrected chi connectivity index (χ3v) is 1.76. The van der Waals surface area contributed by atoms with Gasteiger partial charge in [-0.3, -0.25) is 9.59 Å². The first-order valence-corrected chi connectivity index (χ1v) is 4.30. The summed E-state index contributed by atoms with van der Waals surface area (Å²) in [7, 11) is 0. The molecule has 0 aliphatic rings. The van der Waals surface area contributed by atoms with Crippen LogP contribution in [0.1, 0.15) is 10.4 Å². The molecule has 0 fully saturated rings. The van der Waals surface area contributed by atoms with Crippen LogP contribution in [-0.2, 0) is 4.79 Å². The highest BCUT2D eigenvalue weighted by Gasteiger charge is 2.11. The zero-order chi connectivity index (χ0) is 11.3. The van der Waals surface area contributed by atoms with Crippen molar-refractivity contribution in [2.24, 2.45) is 5.73 Å². The summed E-state index contributed by atoms with van der Waals surface area (Å²) in [5, 5.41) is 8.49. The molecule has 0 amide bonds. The van der Waals surface area contributed by atoms with E-state index in [1.165, 1.54) is 0 Å². The molecule has 0 radical (unpaired) electrons. The fourth-order valence-electron chi connectivity index (χ4n) is 0.900. The van der Waals surface area contributed by atoms with Crippen molar-refractivity contribution in [3.05, 3.63) is 29.8 Å². The third-order valence-electron chi connectivity index (χ3n) is 1.76. The standard InChI is InChI=1S/C10H11NO4/c11-9(10(13)14)6-15-8-3-1-7(5-12)2-4-8/h1-5,9H,6,11H2,(H,13,14). The molecule has 0 aliphatic heterocycles. The number of aldehydes is 1. The van der Waals surface area contributed by atoms with Gasteiger partial charge in [-0.2, -0.15) is 0 Å². The molecule has 1 atom stereocenters. The van der Waals surface area contributed by atoms with Crippen molar-refractivity contribution in [1.82, 2.24) is 0 Å². The second-order valence-electron chi connectivity index (χ2n) is 2.94. The van der Waals surface area contributed by atoms with Gasteiger partial charge in [-0.1, -0.05) is 0 Å². The molecule has 0 aliphatic carbocycles. The number of aliphatic carboxylic acids is 1. The Morgan fingerprint density at radius 2 is 2.07 bits per heavy atom. The van der Waals surface area contributed by atoms with Gasteiger partial charge in [0.05, 0.1) is 0 Å². The number of carboxylic acids is 1. The van der Waals surface area contributed by atoms with Crippen LogP contribution >= 0.6 is 0 Å². The van der Waals surface area contributed by atoms with Crippen LogP contribution in [-0.4, -0.2) is 30.0 Å². The monoisotopic (exact) mass is 209 g/mol. The minimum atomic E-state index is -1.11. The third kappa shape index (κ3) is 3.40. The normalized spacial score (nSPS) is 11.8. The number of carbonyl (C=O) groups is 2. The Morgan fingerprint density at radius 3 is 2.53 bits per heavy atom. The Bertz CT molecular complexity index is 347. The average Bonchev–Trinajstić information content (AvgIpc) is 2.26. The highest BCUT2D eigenvalue weighted by Crippen LogP contribution is 2.10. The predicted molar refractivity (Wildman–Crippen MR) is 52.9 cm³/mol. The number of hydrogen-bond acceptors (Lipinski definition) is 4. The van der Waals surface area contributed by atoms with Crippen molar-refractivity contribution in [2.75, 3.05) is 6.61 Å². The van der Waals surface area contributed by atoms with E-state index in [1.54, 1.807) is 24.3 Å². The molecule has 0 spiro atoms. The molecule has 1 aromatic carbocycles. The van der Waals surface area contributed by atoms with Crippen LogP contribution in [0.2, 0.25) is 0 Å². The van der Waals surface area contributed by atoms with Crippen LogP contribution in [0.5, 0.6) is 5.75 Å². The smallest absolute Gasteiger partial charge is 0.324 e. The van der Waals surface area contributed by atoms with Gasteiger partial charge < -0.3 is 15.6 Å². The van der Waals surface area contributed by atoms with Crippen molar-refractivity contribution in [3.8, 4) is 5.75 Å². The molecule has 0 heterocycles. The minimum Gasteiger partial charge on any atom is -0.491 e. The molecule has 5 nitrogen and oxygen atoms in total. The van der Waals surface area contributed by atoms with E-state index in [1.807, 2.05) is 0 Å². The summed E-state index contributed by atoms with van der Waals surface area (Å²) < 4.78 is 5.11. The Morgan fingerprint density at radius 1 is 1.47 bits per heavy atom. The van der Waals surface area contributed by atoms with Crippen molar-refractivity contribution in [1.29, 1.82) is 0 Å². The van der Waals surface area contributed by atoms with E-state index in [-0.39, 0.29) is 6.61 Å². The fraction of sp³-hybridized carbons (Fsp3) is 0.200. The summed E-state index contributed by atoms with van der Waals surface area (Å²) in [6, 6.07) is 5.27. The highest BCUT2D eigenvalue weighted by atomic mass is 16.5. The first-order chi connectivity index (χ1) is 7.13. The average molecular weight is 209 g/mol. The van der Waals surface area contributed by atoms with E-state index >= 15 is 0 Å². The number of hydrogen-bond donors (Lipinski definition) is 2. The maximum atomic E-state index is 10.4. The first kappa shape index (κ1) is 11.2. The van der Waals surface area contributed by atoms with Crippen LogP contribution in [0.25, 0.3) is 0 Å². The van der Waals surface area contributed by atoms with Crippen molar-refractivity contribution in [2.45, 2.75) is 6.04 Å². The van der Waals surface area contributed by atoms with Crippen LogP contribution in [0, 0.1) is 0 Å². The molecule has 1 unspecified atom stereocenters. The van der Waals surface area contributed by atoms with Crippen LogP contribution in [0.15, 0.2) is 24.3 Å². The number of benzene rings is 1. The molecule has 1 rings (SSSR count). The van der Waals surface area contributed by atoms with Crippen molar-refractivity contribution >= 4 is 12.3 Å². The van der Waals surface area contributed by atoms with Gasteiger partial charge in [-0.25, -0.2) is 0 Å². The Labute approximate surface area is 86.5 Å². The van der Waals surface area contributed by atoms with Gasteiger partial charge in [0.25, 0.3) is 0 Å². The SMILES string of the molecule is NC(COc1ccc(C=O)cc1)C(=O)O. The number of nitrogens with two attached hydrogens (primary N) is 1. The predicted octanol–water partition coefficient (Wildman–Crippen LogP) is 0.290. The summed E-state index contributed by atoms with van der Waals surface area (Å²) >= 11 is 0. The molecular formula is C10H11NO4. The molecular weight excluding hydrogens is 198 g/mol. The van der Waals surface area contributed by atoms with Gasteiger partial charge in [-0.05, 0) is 24.3 Å². The molecule has 3 N–H and O–H groups in total. The summed E-state index contributed by atoms with van der Waals surface area (Å²) in [4.78, 5) is 20.7. The summed E-state index contributed by atoms with van der Waals surface area (Å²) in [6.45, 7) is -0.101. The molecule has 0 saturated heterocycles. The topological polar surface area (TPSA) is 89.6 Å². The van der Waals surface area contributed by atoms with Gasteiger partial charge in [-0.15, -0.1) is 0 Å². The molecule has 80 valence electrons. The zero-order valence-corrected chi connectivity index (χ0v) is 7.92. The fourth-order valence-corrected chi connectivity index (χ4v) is 0.900. The van der Waals surface area contributed by atoms with Crippen LogP contribution in [0.3, 0.4) is 0 Å². The Kier molecular flexibility index (Phi) is 3.82. The maximum absolute atomic E-state index is 10.4. The van der Waals surface area contributed by atoms with Gasteiger partial charge in [0, 0.05) is 5.56 Å². The first-order valence-electron chi connectivity index (χ1n) is 4.30. The van der Waals surface area contributed by atoms with Gasteiger partial charge in [0.1, 0.15) is 24.7 Å². The second kappa shape index (κ2) is 5.11. The maximum Gasteiger partial charge on any atom is 0.324 e. The van der Waals surface area contributed by atoms with Gasteiger partial charge in [0.15, 0.2) is 0 Å². The van der Waals surface area contributed by atoms with Gasteiger partial charge >= 0.3 is 5.97 Å². The second-order valence-corrected chi connectivity index (χ2v) is 2.94. The number of ether oxygens (including phenoxy) is 1. The quantitative estimate of drug-likeness (QED) is 0.680. The highest BCUT2D eigenvalue weighted by molar-refractivity contribution is 5.75. The van der Waals surface area contributed by atoms with E-state index < -0.39 is 12.0 Å². The Hall–Kier alpha value is -1.88. The van der Waals surface area contributed by atoms with E-state index in [4.69, 9.17) is 15.6 Å².